The number of fused-ring (bicyclic) bond motifs is 1. The van der Waals surface area contributed by atoms with Gasteiger partial charge >= 0.3 is 13.6 Å². The Kier molecular flexibility index (Phi) is 11.2. The summed E-state index contributed by atoms with van der Waals surface area (Å²) in [4.78, 5) is 50.8. The summed E-state index contributed by atoms with van der Waals surface area (Å²) < 4.78 is 21.8. The number of halogens is 1. The van der Waals surface area contributed by atoms with Gasteiger partial charge < -0.3 is 34.1 Å². The van der Waals surface area contributed by atoms with E-state index >= 15 is 0 Å². The minimum atomic E-state index is -4.55. The monoisotopic (exact) mass is 570 g/mol. The molecule has 2 aliphatic heterocycles. The number of piperidine rings is 1. The largest absolute Gasteiger partial charge is 0.507 e. The number of hydrogen-bond donors (Lipinski definition) is 3. The van der Waals surface area contributed by atoms with Gasteiger partial charge in [0.05, 0.1) is 17.3 Å². The predicted molar refractivity (Wildman–Crippen MR) is 141 cm³/mol. The molecule has 1 amide bonds. The number of aromatic hydroxyl groups is 1. The highest BCUT2D eigenvalue weighted by Gasteiger charge is 2.26. The first-order valence-electron chi connectivity index (χ1n) is 12.3. The van der Waals surface area contributed by atoms with E-state index in [4.69, 9.17) is 25.9 Å². The molecule has 1 saturated heterocycles. The summed E-state index contributed by atoms with van der Waals surface area (Å²) in [6.45, 7) is 1.15. The van der Waals surface area contributed by atoms with E-state index in [1.807, 2.05) is 18.2 Å². The SMILES string of the molecule is O=C1OCCC=CCCC=CC(=NOCC(=O)N2CCCCC2)Cc2c(Cl)c(OCP(=O)(O)O)cc(O)c21. The summed E-state index contributed by atoms with van der Waals surface area (Å²) in [6.07, 6.45) is 11.1. The molecule has 0 radical (unpaired) electrons. The molecular weight excluding hydrogens is 539 g/mol. The number of phenols is 1. The van der Waals surface area contributed by atoms with Gasteiger partial charge in [0.2, 0.25) is 0 Å². The molecule has 208 valence electrons. The number of carbonyl (C=O) groups is 2. The van der Waals surface area contributed by atoms with E-state index in [0.717, 1.165) is 31.7 Å². The molecule has 0 aromatic heterocycles. The number of likely N-dealkylation sites (tertiary alicyclic amines) is 1. The second-order valence-electron chi connectivity index (χ2n) is 8.85. The van der Waals surface area contributed by atoms with Gasteiger partial charge in [-0.15, -0.1) is 0 Å². The average molecular weight is 571 g/mol. The summed E-state index contributed by atoms with van der Waals surface area (Å²) in [5, 5.41) is 14.6. The Morgan fingerprint density at radius 1 is 1.13 bits per heavy atom. The molecule has 2 aliphatic rings. The lowest BCUT2D eigenvalue weighted by Gasteiger charge is -2.26. The lowest BCUT2D eigenvalue weighted by molar-refractivity contribution is -0.137. The Bertz CT molecular complexity index is 1140. The number of benzene rings is 1. The van der Waals surface area contributed by atoms with Crippen LogP contribution in [0.3, 0.4) is 0 Å². The average Bonchev–Trinajstić information content (AvgIpc) is 2.88. The van der Waals surface area contributed by atoms with Crippen molar-refractivity contribution in [3.05, 3.63) is 46.5 Å². The standard InChI is InChI=1S/C25H32ClN2O9P/c26-24-19-14-18(27-37-16-22(30)28-11-7-5-8-12-28)10-6-3-1-2-4-9-13-35-25(31)23(19)20(29)15-21(24)36-17-38(32,33)34/h2,4,6,10,15,29H,1,3,5,7-9,11-14,16-17H2,(H2,32,33,34). The highest BCUT2D eigenvalue weighted by Crippen LogP contribution is 2.41. The Morgan fingerprint density at radius 2 is 1.84 bits per heavy atom. The molecule has 3 N–H and O–H groups in total. The summed E-state index contributed by atoms with van der Waals surface area (Å²) in [6, 6.07) is 1.00. The second-order valence-corrected chi connectivity index (χ2v) is 10.8. The number of esters is 1. The highest BCUT2D eigenvalue weighted by molar-refractivity contribution is 7.51. The van der Waals surface area contributed by atoms with Crippen molar-refractivity contribution in [1.29, 1.82) is 0 Å². The molecule has 0 bridgehead atoms. The van der Waals surface area contributed by atoms with E-state index < -0.39 is 25.7 Å². The number of rotatable bonds is 6. The van der Waals surface area contributed by atoms with Crippen molar-refractivity contribution in [3.63, 3.8) is 0 Å². The van der Waals surface area contributed by atoms with Crippen LogP contribution in [0.5, 0.6) is 11.5 Å². The smallest absolute Gasteiger partial charge is 0.362 e. The zero-order valence-corrected chi connectivity index (χ0v) is 22.5. The van der Waals surface area contributed by atoms with Crippen LogP contribution in [-0.2, 0) is 25.4 Å². The maximum Gasteiger partial charge on any atom is 0.362 e. The molecule has 0 saturated carbocycles. The van der Waals surface area contributed by atoms with Crippen molar-refractivity contribution in [2.45, 2.75) is 44.9 Å². The van der Waals surface area contributed by atoms with E-state index in [0.29, 0.717) is 31.6 Å². The van der Waals surface area contributed by atoms with Crippen LogP contribution in [0.1, 0.15) is 54.4 Å². The molecule has 1 aromatic carbocycles. The third-order valence-electron chi connectivity index (χ3n) is 5.83. The van der Waals surface area contributed by atoms with Crippen LogP contribution in [0.25, 0.3) is 0 Å². The maximum atomic E-state index is 12.9. The van der Waals surface area contributed by atoms with Crippen molar-refractivity contribution in [2.24, 2.45) is 5.16 Å². The number of hydrogen-bond acceptors (Lipinski definition) is 8. The van der Waals surface area contributed by atoms with Gasteiger partial charge in [0.15, 0.2) is 13.0 Å². The molecule has 0 unspecified atom stereocenters. The summed E-state index contributed by atoms with van der Waals surface area (Å²) in [5.41, 5.74) is 0.129. The van der Waals surface area contributed by atoms with Gasteiger partial charge in [-0.25, -0.2) is 4.79 Å². The van der Waals surface area contributed by atoms with Gasteiger partial charge in [-0.05, 0) is 50.2 Å². The fourth-order valence-electron chi connectivity index (χ4n) is 3.97. The number of carbonyl (C=O) groups excluding carboxylic acids is 2. The Balaban J connectivity index is 1.93. The topological polar surface area (TPSA) is 155 Å². The van der Waals surface area contributed by atoms with E-state index in [1.54, 1.807) is 11.0 Å². The number of allylic oxidation sites excluding steroid dienone is 3. The van der Waals surface area contributed by atoms with E-state index in [-0.39, 0.29) is 47.4 Å². The van der Waals surface area contributed by atoms with Crippen LogP contribution in [0, 0.1) is 0 Å². The number of oxime groups is 1. The normalized spacial score (nSPS) is 18.4. The second kappa shape index (κ2) is 14.3. The Hall–Kier alpha value is -2.85. The molecule has 0 aliphatic carbocycles. The fourth-order valence-corrected chi connectivity index (χ4v) is 4.55. The van der Waals surface area contributed by atoms with Gasteiger partial charge in [-0.1, -0.05) is 35.0 Å². The van der Waals surface area contributed by atoms with E-state index in [2.05, 4.69) is 5.16 Å². The first kappa shape index (κ1) is 29.7. The molecule has 38 heavy (non-hydrogen) atoms. The van der Waals surface area contributed by atoms with E-state index in [9.17, 15) is 29.0 Å². The lowest BCUT2D eigenvalue weighted by Crippen LogP contribution is -2.37. The van der Waals surface area contributed by atoms with E-state index in [1.165, 1.54) is 0 Å². The molecule has 0 atom stereocenters. The molecule has 13 heteroatoms. The zero-order valence-electron chi connectivity index (χ0n) is 20.9. The summed E-state index contributed by atoms with van der Waals surface area (Å²) in [7, 11) is -4.55. The minimum absolute atomic E-state index is 0.0688. The number of phenolic OH excluding ortho intramolecular Hbond substituents is 1. The molecule has 1 aromatic rings. The summed E-state index contributed by atoms with van der Waals surface area (Å²) >= 11 is 6.51. The van der Waals surface area contributed by atoms with Crippen molar-refractivity contribution in [1.82, 2.24) is 4.90 Å². The van der Waals surface area contributed by atoms with Crippen molar-refractivity contribution >= 4 is 36.8 Å². The van der Waals surface area contributed by atoms with Crippen LogP contribution in [0.2, 0.25) is 5.02 Å². The number of ether oxygens (including phenoxy) is 2. The van der Waals surface area contributed by atoms with Crippen molar-refractivity contribution in [3.8, 4) is 11.5 Å². The third kappa shape index (κ3) is 9.16. The molecule has 2 heterocycles. The zero-order chi connectivity index (χ0) is 27.5. The predicted octanol–water partition coefficient (Wildman–Crippen LogP) is 3.94. The first-order valence-corrected chi connectivity index (χ1v) is 14.5. The van der Waals surface area contributed by atoms with Gasteiger partial charge in [-0.3, -0.25) is 9.36 Å². The molecular formula is C25H32ClN2O9P. The highest BCUT2D eigenvalue weighted by atomic mass is 35.5. The van der Waals surface area contributed by atoms with Gasteiger partial charge in [0.25, 0.3) is 5.91 Å². The van der Waals surface area contributed by atoms with Crippen molar-refractivity contribution < 1.29 is 43.4 Å². The van der Waals surface area contributed by atoms with Crippen molar-refractivity contribution in [2.75, 3.05) is 32.7 Å². The van der Waals surface area contributed by atoms with Crippen LogP contribution < -0.4 is 4.74 Å². The molecule has 0 spiro atoms. The molecule has 1 fully saturated rings. The van der Waals surface area contributed by atoms with Crippen LogP contribution in [-0.4, -0.2) is 70.0 Å². The summed E-state index contributed by atoms with van der Waals surface area (Å²) in [5.74, 6) is -1.79. The fraction of sp³-hybridized carbons (Fsp3) is 0.480. The van der Waals surface area contributed by atoms with Gasteiger partial charge in [0, 0.05) is 25.6 Å². The lowest BCUT2D eigenvalue weighted by atomic mass is 9.99. The Morgan fingerprint density at radius 3 is 2.58 bits per heavy atom. The number of nitrogens with zero attached hydrogens (tertiary/aromatic N) is 2. The minimum Gasteiger partial charge on any atom is -0.507 e. The molecule has 3 rings (SSSR count). The number of amides is 1. The van der Waals surface area contributed by atoms with Crippen LogP contribution in [0.15, 0.2) is 35.5 Å². The van der Waals surface area contributed by atoms with Crippen LogP contribution in [0.4, 0.5) is 0 Å². The first-order chi connectivity index (χ1) is 18.2. The molecule has 11 nitrogen and oxygen atoms in total. The van der Waals surface area contributed by atoms with Gasteiger partial charge in [-0.2, -0.15) is 0 Å². The third-order valence-corrected chi connectivity index (χ3v) is 6.71. The quantitative estimate of drug-likeness (QED) is 0.199. The van der Waals surface area contributed by atoms with Gasteiger partial charge in [0.1, 0.15) is 17.1 Å². The Labute approximate surface area is 225 Å². The number of cyclic esters (lactones) is 1. The maximum absolute atomic E-state index is 12.9. The van der Waals surface area contributed by atoms with Crippen LogP contribution >= 0.6 is 19.2 Å².